The summed E-state index contributed by atoms with van der Waals surface area (Å²) in [6, 6.07) is 30.2. The Hall–Kier alpha value is -10.1. The summed E-state index contributed by atoms with van der Waals surface area (Å²) >= 11 is 0. The molecule has 580 valence electrons. The first kappa shape index (κ1) is 78.1. The van der Waals surface area contributed by atoms with E-state index in [-0.39, 0.29) is 77.4 Å². The van der Waals surface area contributed by atoms with Gasteiger partial charge in [-0.1, -0.05) is 113 Å². The second kappa shape index (κ2) is 32.8. The summed E-state index contributed by atoms with van der Waals surface area (Å²) in [5.74, 6) is 0.429. The molecule has 14 rings (SSSR count). The summed E-state index contributed by atoms with van der Waals surface area (Å²) in [7, 11) is -3.50. The zero-order valence-electron chi connectivity index (χ0n) is 64.3. The Morgan fingerprint density at radius 2 is 1.35 bits per heavy atom. The minimum atomic E-state index is -4.58. The number of nitrogens with zero attached hydrogens (tertiary/aromatic N) is 9. The molecule has 7 aliphatic rings. The van der Waals surface area contributed by atoms with Gasteiger partial charge in [-0.05, 0) is 168 Å². The van der Waals surface area contributed by atoms with Crippen LogP contribution in [-0.4, -0.2) is 145 Å². The van der Waals surface area contributed by atoms with Crippen molar-refractivity contribution in [1.29, 1.82) is 0 Å². The zero-order valence-corrected chi connectivity index (χ0v) is 66.1. The molecule has 3 fully saturated rings. The van der Waals surface area contributed by atoms with Crippen molar-refractivity contribution in [2.45, 2.75) is 159 Å². The molecule has 4 N–H and O–H groups in total. The number of pyridine rings is 1. The first-order valence-electron chi connectivity index (χ1n) is 38.7. The van der Waals surface area contributed by atoms with E-state index in [1.165, 1.54) is 51.6 Å². The van der Waals surface area contributed by atoms with Crippen molar-refractivity contribution in [3.05, 3.63) is 204 Å². The molecular formula is C83H101N13O12SSi. The van der Waals surface area contributed by atoms with Gasteiger partial charge in [-0.3, -0.25) is 24.0 Å². The lowest BCUT2D eigenvalue weighted by Crippen LogP contribution is -2.63. The average Bonchev–Trinajstić information content (AvgIpc) is 1.28. The van der Waals surface area contributed by atoms with E-state index in [2.05, 4.69) is 147 Å². The predicted molar refractivity (Wildman–Crippen MR) is 423 cm³/mol. The minimum absolute atomic E-state index is 0.00270. The van der Waals surface area contributed by atoms with Crippen molar-refractivity contribution < 1.29 is 51.3 Å². The second-order valence-electron chi connectivity index (χ2n) is 31.7. The van der Waals surface area contributed by atoms with Crippen LogP contribution < -0.4 is 56.5 Å². The van der Waals surface area contributed by atoms with Gasteiger partial charge in [-0.25, -0.2) is 21.9 Å². The lowest BCUT2D eigenvalue weighted by atomic mass is 9.45. The van der Waals surface area contributed by atoms with Crippen LogP contribution in [0.2, 0.25) is 13.1 Å². The van der Waals surface area contributed by atoms with Gasteiger partial charge in [0, 0.05) is 127 Å². The van der Waals surface area contributed by atoms with Gasteiger partial charge >= 0.3 is 5.97 Å². The highest BCUT2D eigenvalue weighted by atomic mass is 32.2. The quantitative estimate of drug-likeness (QED) is 0.00546. The number of nitrogens with one attached hydrogen (secondary N) is 4. The van der Waals surface area contributed by atoms with Crippen LogP contribution in [0, 0.1) is 17.3 Å². The molecule has 7 aromatic rings. The molecule has 0 unspecified atom stereocenters. The van der Waals surface area contributed by atoms with E-state index in [1.807, 2.05) is 6.07 Å². The number of unbranched alkanes of at least 4 members (excludes halogenated alkanes) is 6. The Labute approximate surface area is 643 Å². The van der Waals surface area contributed by atoms with E-state index >= 15 is 0 Å². The second-order valence-corrected chi connectivity index (χ2v) is 37.8. The maximum absolute atomic E-state index is 14.0. The number of hydrogen-bond donors (Lipinski definition) is 4. The van der Waals surface area contributed by atoms with Gasteiger partial charge in [0.1, 0.15) is 25.3 Å². The van der Waals surface area contributed by atoms with Crippen LogP contribution in [0.1, 0.15) is 192 Å². The summed E-state index contributed by atoms with van der Waals surface area (Å²) in [4.78, 5) is 88.4. The molecule has 2 aromatic heterocycles. The lowest BCUT2D eigenvalue weighted by molar-refractivity contribution is -0.121. The highest BCUT2D eigenvalue weighted by molar-refractivity contribution is 7.90. The molecule has 110 heavy (non-hydrogen) atoms. The molecule has 6 heterocycles. The Balaban J connectivity index is 0.534. The number of amides is 4. The molecule has 25 nitrogen and oxygen atoms in total. The molecule has 27 heteroatoms. The average molecular weight is 1530 g/mol. The van der Waals surface area contributed by atoms with Crippen LogP contribution in [-0.2, 0) is 48.4 Å². The number of fused-ring (bicyclic) bond motifs is 7. The third kappa shape index (κ3) is 15.8. The normalized spacial score (nSPS) is 18.0. The summed E-state index contributed by atoms with van der Waals surface area (Å²) in [6.07, 6.45) is 16.4. The monoisotopic (exact) mass is 1530 g/mol. The molecule has 1 spiro atoms. The first-order valence-corrected chi connectivity index (χ1v) is 43.1. The van der Waals surface area contributed by atoms with Gasteiger partial charge in [0.15, 0.2) is 5.60 Å². The summed E-state index contributed by atoms with van der Waals surface area (Å²) in [5.41, 5.74) is 15.9. The van der Waals surface area contributed by atoms with Gasteiger partial charge < -0.3 is 50.0 Å². The van der Waals surface area contributed by atoms with Crippen LogP contribution in [0.4, 0.5) is 11.4 Å². The van der Waals surface area contributed by atoms with Crippen molar-refractivity contribution >= 4 is 69.4 Å². The molecule has 3 atom stereocenters. The fourth-order valence-corrected chi connectivity index (χ4v) is 21.4. The van der Waals surface area contributed by atoms with E-state index in [4.69, 9.17) is 24.5 Å². The van der Waals surface area contributed by atoms with Crippen molar-refractivity contribution in [1.82, 2.24) is 40.2 Å². The fraction of sp³-hybridized carbons (Fsp3) is 0.470. The predicted octanol–water partition coefficient (Wildman–Crippen LogP) is 10.8. The number of esters is 1. The number of methoxy groups -OCH3 is 2. The number of carbonyl (C=O) groups excluding carboxylic acids is 5. The van der Waals surface area contributed by atoms with Gasteiger partial charge in [-0.2, -0.15) is 0 Å². The molecule has 2 bridgehead atoms. The van der Waals surface area contributed by atoms with Gasteiger partial charge in [-0.15, -0.1) is 5.10 Å². The van der Waals surface area contributed by atoms with Crippen LogP contribution >= 0.6 is 0 Å². The Kier molecular flexibility index (Phi) is 23.3. The number of benzene rings is 5. The number of hydrogen-bond acceptors (Lipinski definition) is 17. The number of rotatable bonds is 35. The highest BCUT2D eigenvalue weighted by Crippen LogP contribution is 2.65. The molecular weight excluding hydrogens is 1430 g/mol. The molecule has 0 radical (unpaired) electrons. The third-order valence-electron chi connectivity index (χ3n) is 23.7. The van der Waals surface area contributed by atoms with Crippen molar-refractivity contribution in [3.63, 3.8) is 0 Å². The van der Waals surface area contributed by atoms with Gasteiger partial charge in [0.2, 0.25) is 5.91 Å². The van der Waals surface area contributed by atoms with E-state index < -0.39 is 47.0 Å². The molecule has 2 saturated heterocycles. The summed E-state index contributed by atoms with van der Waals surface area (Å²) < 4.78 is 54.9. The minimum Gasteiger partial charge on any atom is -0.496 e. The Bertz CT molecular complexity index is 4850. The van der Waals surface area contributed by atoms with Crippen molar-refractivity contribution in [2.24, 2.45) is 22.4 Å². The molecule has 5 aromatic carbocycles. The van der Waals surface area contributed by atoms with Gasteiger partial charge in [0.05, 0.1) is 62.7 Å². The lowest BCUT2D eigenvalue weighted by Gasteiger charge is -2.59. The number of anilines is 2. The number of carbonyl (C=O) groups is 5. The SMILES string of the molecule is COc1cc(C(C)(C)CCCCCCN=[N+]=[N-])cc(OC)c1[C@H]1C=C(CNC(=O)CCCCCCNC(=O)c2ccc(=O)n(S(=O)(=O)c3cccc(C(=O)NCc4cn(CCOCCNC(=O)c5ccc6c(c5)C5(OC6=O)c6ccc(N7CCC7)cc6[Si](C)(C)c6cc(N7CCC7)ccc65)nn4)c3)c2)[C@H]2C[C@@H]1C2(C)C. The van der Waals surface area contributed by atoms with Crippen LogP contribution in [0.5, 0.6) is 11.5 Å². The van der Waals surface area contributed by atoms with E-state index in [1.54, 1.807) is 37.2 Å². The maximum atomic E-state index is 14.0. The largest absolute Gasteiger partial charge is 0.496 e. The molecule has 1 saturated carbocycles. The van der Waals surface area contributed by atoms with Gasteiger partial charge in [0.25, 0.3) is 33.3 Å². The fourth-order valence-electron chi connectivity index (χ4n) is 16.9. The standard InChI is InChI=1S/C83H101N13O12SSi/c1-81(2,31-14-10-12-16-33-89-91-84)58-45-70(105-5)76(71(46-58)106-6)64-43-57(67-49-68(64)82(67,3)4)50-87-74(97)22-13-9-11-15-32-85-79(101)56-24-30-75(98)96(52-56)109(103,104)62-21-17-20-54(42-62)78(100)88-51-59-53-95(92-90-59)39-41-107-40-34-86-77(99)55-23-27-63-69(44-55)83(108-80(63)102)65-28-25-60(93-35-18-36-93)47-72(65)110(7,8)73-48-61(26-29-66(73)83)94-37-19-38-94/h17,20-21,23-30,42-48,52-53,64,67-68H,9-16,18-19,22,31-41,49-51H2,1-8H3,(H,85,101)(H,86,99)(H,87,97)(H,88,100)/t64-,67+,68-/m0/s1. The third-order valence-corrected chi connectivity index (χ3v) is 28.9. The summed E-state index contributed by atoms with van der Waals surface area (Å²) in [5, 5.41) is 26.1. The van der Waals surface area contributed by atoms with E-state index in [0.29, 0.717) is 77.1 Å². The first-order chi connectivity index (χ1) is 52.9. The number of ether oxygens (including phenoxy) is 4. The van der Waals surface area contributed by atoms with Crippen LogP contribution in [0.3, 0.4) is 0 Å². The van der Waals surface area contributed by atoms with E-state index in [0.717, 1.165) is 142 Å². The highest BCUT2D eigenvalue weighted by Gasteiger charge is 2.58. The zero-order chi connectivity index (χ0) is 77.7. The number of aromatic nitrogens is 4. The maximum Gasteiger partial charge on any atom is 0.340 e. The molecule has 3 aliphatic carbocycles. The number of azide groups is 1. The molecule has 4 aliphatic heterocycles. The van der Waals surface area contributed by atoms with Crippen LogP contribution in [0.25, 0.3) is 10.4 Å². The van der Waals surface area contributed by atoms with E-state index in [9.17, 15) is 37.2 Å². The van der Waals surface area contributed by atoms with Crippen molar-refractivity contribution in [2.75, 3.05) is 89.6 Å². The smallest absolute Gasteiger partial charge is 0.340 e. The Morgan fingerprint density at radius 3 is 2.03 bits per heavy atom. The van der Waals surface area contributed by atoms with Crippen molar-refractivity contribution in [3.8, 4) is 11.5 Å². The van der Waals surface area contributed by atoms with Crippen LogP contribution in [0.15, 0.2) is 142 Å². The molecule has 4 amide bonds. The summed E-state index contributed by atoms with van der Waals surface area (Å²) in [6.45, 7) is 20.1. The topological polar surface area (TPSA) is 312 Å². The number of allylic oxidation sites excluding steroid dienone is 1. The Morgan fingerprint density at radius 1 is 0.709 bits per heavy atom.